The zero-order valence-corrected chi connectivity index (χ0v) is 11.5. The van der Waals surface area contributed by atoms with E-state index in [0.717, 1.165) is 0 Å². The Bertz CT molecular complexity index is 409. The number of furan rings is 1. The smallest absolute Gasteiger partial charge is 0.268 e. The molecule has 1 heterocycles. The van der Waals surface area contributed by atoms with Crippen LogP contribution in [0.3, 0.4) is 0 Å². The van der Waals surface area contributed by atoms with Gasteiger partial charge >= 0.3 is 0 Å². The highest BCUT2D eigenvalue weighted by atomic mass is 16.3. The molecular weight excluding hydrogens is 242 g/mol. The summed E-state index contributed by atoms with van der Waals surface area (Å²) in [6.07, 6.45) is 9.27. The van der Waals surface area contributed by atoms with Crippen molar-refractivity contribution in [1.29, 1.82) is 0 Å². The number of nitrogens with zero attached hydrogens (tertiary/aromatic N) is 1. The fourth-order valence-electron chi connectivity index (χ4n) is 2.80. The Kier molecular flexibility index (Phi) is 4.99. The molecule has 1 amide bonds. The molecule has 0 aromatic carbocycles. The normalized spacial score (nSPS) is 17.4. The summed E-state index contributed by atoms with van der Waals surface area (Å²) in [5.41, 5.74) is 2.68. The fraction of sp³-hybridized carbons (Fsp3) is 0.643. The first-order chi connectivity index (χ1) is 9.22. The van der Waals surface area contributed by atoms with Crippen LogP contribution in [0.25, 0.3) is 0 Å². The molecule has 1 aromatic heterocycles. The van der Waals surface area contributed by atoms with Crippen LogP contribution >= 0.6 is 0 Å². The van der Waals surface area contributed by atoms with E-state index < -0.39 is 0 Å². The van der Waals surface area contributed by atoms with Gasteiger partial charge in [-0.1, -0.05) is 25.7 Å². The largest absolute Gasteiger partial charge is 0.467 e. The van der Waals surface area contributed by atoms with Crippen molar-refractivity contribution in [3.8, 4) is 0 Å². The highest BCUT2D eigenvalue weighted by Crippen LogP contribution is 2.23. The molecule has 106 valence electrons. The molecule has 0 saturated heterocycles. The van der Waals surface area contributed by atoms with Crippen molar-refractivity contribution in [2.24, 2.45) is 5.84 Å². The molecule has 5 heteroatoms. The summed E-state index contributed by atoms with van der Waals surface area (Å²) in [6, 6.07) is 2.25. The van der Waals surface area contributed by atoms with Gasteiger partial charge in [0.05, 0.1) is 18.4 Å². The molecule has 5 nitrogen and oxygen atoms in total. The van der Waals surface area contributed by atoms with Gasteiger partial charge in [-0.25, -0.2) is 5.84 Å². The Hall–Kier alpha value is -1.33. The van der Waals surface area contributed by atoms with E-state index in [1.807, 2.05) is 0 Å². The van der Waals surface area contributed by atoms with Crippen molar-refractivity contribution in [1.82, 2.24) is 10.3 Å². The molecule has 0 unspecified atom stereocenters. The third kappa shape index (κ3) is 3.58. The maximum absolute atomic E-state index is 11.6. The van der Waals surface area contributed by atoms with Crippen molar-refractivity contribution >= 4 is 5.91 Å². The van der Waals surface area contributed by atoms with Crippen molar-refractivity contribution in [3.63, 3.8) is 0 Å². The van der Waals surface area contributed by atoms with Crippen LogP contribution < -0.4 is 11.3 Å². The molecule has 1 aromatic rings. The van der Waals surface area contributed by atoms with Crippen LogP contribution in [0, 0.1) is 0 Å². The molecule has 0 atom stereocenters. The highest BCUT2D eigenvalue weighted by Gasteiger charge is 2.21. The predicted molar refractivity (Wildman–Crippen MR) is 73.3 cm³/mol. The molecule has 0 bridgehead atoms. The van der Waals surface area contributed by atoms with Gasteiger partial charge in [-0.05, 0) is 26.0 Å². The molecule has 19 heavy (non-hydrogen) atoms. The zero-order valence-electron chi connectivity index (χ0n) is 11.5. The number of rotatable bonds is 4. The summed E-state index contributed by atoms with van der Waals surface area (Å²) in [7, 11) is 2.10. The van der Waals surface area contributed by atoms with Gasteiger partial charge in [-0.2, -0.15) is 0 Å². The minimum absolute atomic E-state index is 0.294. The minimum atomic E-state index is -0.294. The molecule has 3 N–H and O–H groups in total. The van der Waals surface area contributed by atoms with Gasteiger partial charge < -0.3 is 4.42 Å². The lowest BCUT2D eigenvalue weighted by Crippen LogP contribution is -2.33. The molecule has 2 rings (SSSR count). The second-order valence-electron chi connectivity index (χ2n) is 5.29. The van der Waals surface area contributed by atoms with Crippen LogP contribution in [0.2, 0.25) is 0 Å². The molecule has 1 saturated carbocycles. The van der Waals surface area contributed by atoms with Crippen LogP contribution in [0.4, 0.5) is 0 Å². The van der Waals surface area contributed by atoms with Crippen molar-refractivity contribution in [2.75, 3.05) is 7.05 Å². The number of carbonyl (C=O) groups excluding carboxylic acids is 1. The highest BCUT2D eigenvalue weighted by molar-refractivity contribution is 5.94. The average molecular weight is 265 g/mol. The number of nitrogens with two attached hydrogens (primary N) is 1. The van der Waals surface area contributed by atoms with Crippen LogP contribution in [0.5, 0.6) is 0 Å². The molecule has 0 spiro atoms. The molecule has 1 aliphatic rings. The van der Waals surface area contributed by atoms with Crippen molar-refractivity contribution in [3.05, 3.63) is 23.7 Å². The SMILES string of the molecule is CN(Cc1occc1C(=O)NN)C1CCCCCC1. The van der Waals surface area contributed by atoms with Crippen LogP contribution in [0.15, 0.2) is 16.7 Å². The van der Waals surface area contributed by atoms with Gasteiger partial charge in [0.1, 0.15) is 5.76 Å². The van der Waals surface area contributed by atoms with E-state index in [1.54, 1.807) is 12.3 Å². The lowest BCUT2D eigenvalue weighted by Gasteiger charge is -2.26. The summed E-state index contributed by atoms with van der Waals surface area (Å²) in [5.74, 6) is 5.57. The van der Waals surface area contributed by atoms with E-state index >= 15 is 0 Å². The molecular formula is C14H23N3O2. The van der Waals surface area contributed by atoms with Crippen molar-refractivity contribution in [2.45, 2.75) is 51.1 Å². The zero-order chi connectivity index (χ0) is 13.7. The third-order valence-electron chi connectivity index (χ3n) is 3.96. The van der Waals surface area contributed by atoms with E-state index in [-0.39, 0.29) is 5.91 Å². The van der Waals surface area contributed by atoms with Gasteiger partial charge in [0, 0.05) is 6.04 Å². The number of hydrogen-bond donors (Lipinski definition) is 2. The molecule has 0 aliphatic heterocycles. The van der Waals surface area contributed by atoms with E-state index in [2.05, 4.69) is 17.4 Å². The number of amides is 1. The number of carbonyl (C=O) groups is 1. The third-order valence-corrected chi connectivity index (χ3v) is 3.96. The lowest BCUT2D eigenvalue weighted by molar-refractivity contribution is 0.0949. The fourth-order valence-corrected chi connectivity index (χ4v) is 2.80. The van der Waals surface area contributed by atoms with Crippen molar-refractivity contribution < 1.29 is 9.21 Å². The minimum Gasteiger partial charge on any atom is -0.467 e. The quantitative estimate of drug-likeness (QED) is 0.378. The van der Waals surface area contributed by atoms with Crippen LogP contribution in [-0.2, 0) is 6.54 Å². The summed E-state index contributed by atoms with van der Waals surface area (Å²) in [6.45, 7) is 0.653. The van der Waals surface area contributed by atoms with Gasteiger partial charge in [0.2, 0.25) is 0 Å². The maximum atomic E-state index is 11.6. The molecule has 0 radical (unpaired) electrons. The summed E-state index contributed by atoms with van der Waals surface area (Å²) >= 11 is 0. The number of nitrogens with one attached hydrogen (secondary N) is 1. The second-order valence-corrected chi connectivity index (χ2v) is 5.29. The Morgan fingerprint density at radius 1 is 1.42 bits per heavy atom. The van der Waals surface area contributed by atoms with E-state index in [4.69, 9.17) is 10.3 Å². The van der Waals surface area contributed by atoms with Crippen LogP contribution in [-0.4, -0.2) is 23.9 Å². The second kappa shape index (κ2) is 6.73. The first kappa shape index (κ1) is 14.1. The summed E-state index contributed by atoms with van der Waals surface area (Å²) in [4.78, 5) is 13.9. The van der Waals surface area contributed by atoms with Gasteiger partial charge in [-0.3, -0.25) is 15.1 Å². The number of hydrogen-bond acceptors (Lipinski definition) is 4. The summed E-state index contributed by atoms with van der Waals surface area (Å²) < 4.78 is 5.42. The van der Waals surface area contributed by atoms with Gasteiger partial charge in [0.15, 0.2) is 0 Å². The Balaban J connectivity index is 1.99. The van der Waals surface area contributed by atoms with Crippen LogP contribution in [0.1, 0.15) is 54.6 Å². The molecule has 1 fully saturated rings. The Morgan fingerprint density at radius 3 is 2.74 bits per heavy atom. The summed E-state index contributed by atoms with van der Waals surface area (Å²) in [5, 5.41) is 0. The number of hydrazine groups is 1. The standard InChI is InChI=1S/C14H23N3O2/c1-17(11-6-4-2-3-5-7-11)10-13-12(8-9-19-13)14(18)16-15/h8-9,11H,2-7,10,15H2,1H3,(H,16,18). The van der Waals surface area contributed by atoms with E-state index in [9.17, 15) is 4.79 Å². The Morgan fingerprint density at radius 2 is 2.11 bits per heavy atom. The van der Waals surface area contributed by atoms with Gasteiger partial charge in [-0.15, -0.1) is 0 Å². The molecule has 1 aliphatic carbocycles. The Labute approximate surface area is 114 Å². The first-order valence-corrected chi connectivity index (χ1v) is 7.00. The van der Waals surface area contributed by atoms with Gasteiger partial charge in [0.25, 0.3) is 5.91 Å². The van der Waals surface area contributed by atoms with E-state index in [1.165, 1.54) is 38.5 Å². The maximum Gasteiger partial charge on any atom is 0.268 e. The first-order valence-electron chi connectivity index (χ1n) is 7.00. The predicted octanol–water partition coefficient (Wildman–Crippen LogP) is 2.04. The van der Waals surface area contributed by atoms with E-state index in [0.29, 0.717) is 23.9 Å². The number of nitrogen functional groups attached to an aromatic ring is 1. The average Bonchev–Trinajstić information content (AvgIpc) is 2.71. The topological polar surface area (TPSA) is 71.5 Å². The monoisotopic (exact) mass is 265 g/mol. The lowest BCUT2D eigenvalue weighted by atomic mass is 10.1.